The Hall–Kier alpha value is -3.08. The molecule has 5 nitrogen and oxygen atoms in total. The molecule has 140 valence electrons. The molecule has 3 aromatic rings. The number of hydrogen-bond acceptors (Lipinski definition) is 3. The maximum Gasteiger partial charge on any atom is 0.135 e. The Balaban J connectivity index is 1.91. The van der Waals surface area contributed by atoms with Crippen molar-refractivity contribution in [2.45, 2.75) is 39.8 Å². The molecule has 1 aromatic heterocycles. The molecule has 0 spiro atoms. The lowest BCUT2D eigenvalue weighted by atomic mass is 10.1. The smallest absolute Gasteiger partial charge is 0.135 e. The Morgan fingerprint density at radius 2 is 1.33 bits per heavy atom. The van der Waals surface area contributed by atoms with Crippen LogP contribution in [0.3, 0.4) is 0 Å². The Bertz CT molecular complexity index is 995. The molecular formula is C22H26N4O. The molecule has 0 amide bonds. The molecule has 0 aliphatic rings. The molecule has 1 heterocycles. The van der Waals surface area contributed by atoms with Crippen LogP contribution in [-0.4, -0.2) is 23.8 Å². The first kappa shape index (κ1) is 18.7. The molecule has 0 unspecified atom stereocenters. The van der Waals surface area contributed by atoms with Crippen LogP contribution < -0.4 is 11.5 Å². The summed E-state index contributed by atoms with van der Waals surface area (Å²) in [6.45, 7) is 8.00. The first-order valence-corrected chi connectivity index (χ1v) is 9.15. The average Bonchev–Trinajstić information content (AvgIpc) is 3.04. The lowest BCUT2D eigenvalue weighted by molar-refractivity contribution is 0.631. The minimum absolute atomic E-state index is 0.151. The standard InChI is InChI=1S/C22H26N4O/c1-13(2)25-21(23)16-7-5-15(6-8-16)19-11-17-9-10-18(12-20(17)27-19)22(24)26-14(3)4/h5-14H,1-4H3,(H2,23,25)(H2,24,26). The Kier molecular flexibility index (Phi) is 5.31. The second-order valence-electron chi connectivity index (χ2n) is 7.16. The van der Waals surface area contributed by atoms with Crippen molar-refractivity contribution in [3.63, 3.8) is 0 Å². The van der Waals surface area contributed by atoms with E-state index in [-0.39, 0.29) is 12.1 Å². The summed E-state index contributed by atoms with van der Waals surface area (Å²) in [5.74, 6) is 1.87. The summed E-state index contributed by atoms with van der Waals surface area (Å²) in [6, 6.07) is 16.1. The van der Waals surface area contributed by atoms with Gasteiger partial charge in [-0.05, 0) is 39.8 Å². The summed E-state index contributed by atoms with van der Waals surface area (Å²) in [5.41, 5.74) is 15.6. The first-order chi connectivity index (χ1) is 12.8. The number of benzene rings is 2. The fourth-order valence-corrected chi connectivity index (χ4v) is 2.84. The Morgan fingerprint density at radius 3 is 1.93 bits per heavy atom. The molecule has 3 rings (SSSR count). The van der Waals surface area contributed by atoms with Gasteiger partial charge in [-0.15, -0.1) is 0 Å². The van der Waals surface area contributed by atoms with Crippen molar-refractivity contribution in [1.82, 2.24) is 0 Å². The molecule has 4 N–H and O–H groups in total. The second-order valence-corrected chi connectivity index (χ2v) is 7.16. The number of furan rings is 1. The van der Waals surface area contributed by atoms with E-state index in [2.05, 4.69) is 9.98 Å². The number of amidine groups is 2. The molecular weight excluding hydrogens is 336 g/mol. The summed E-state index contributed by atoms with van der Waals surface area (Å²) >= 11 is 0. The Morgan fingerprint density at radius 1 is 0.778 bits per heavy atom. The third-order valence-corrected chi connectivity index (χ3v) is 4.08. The zero-order valence-corrected chi connectivity index (χ0v) is 16.2. The highest BCUT2D eigenvalue weighted by Gasteiger charge is 2.09. The SMILES string of the molecule is CC(C)N=C(N)c1ccc(-c2cc3ccc(C(N)=NC(C)C)cc3o2)cc1. The van der Waals surface area contributed by atoms with Crippen molar-refractivity contribution in [3.05, 3.63) is 59.7 Å². The Labute approximate surface area is 159 Å². The lowest BCUT2D eigenvalue weighted by Gasteiger charge is -2.04. The predicted molar refractivity (Wildman–Crippen MR) is 113 cm³/mol. The van der Waals surface area contributed by atoms with Crippen LogP contribution in [0.25, 0.3) is 22.3 Å². The number of nitrogens with two attached hydrogens (primary N) is 2. The van der Waals surface area contributed by atoms with Crippen molar-refractivity contribution in [3.8, 4) is 11.3 Å². The average molecular weight is 362 g/mol. The molecule has 0 saturated heterocycles. The number of fused-ring (bicyclic) bond motifs is 1. The molecule has 5 heteroatoms. The van der Waals surface area contributed by atoms with E-state index in [4.69, 9.17) is 15.9 Å². The summed E-state index contributed by atoms with van der Waals surface area (Å²) in [4.78, 5) is 8.77. The summed E-state index contributed by atoms with van der Waals surface area (Å²) in [5, 5.41) is 1.02. The normalized spacial score (nSPS) is 13.1. The number of nitrogens with zero attached hydrogens (tertiary/aromatic N) is 2. The van der Waals surface area contributed by atoms with Crippen LogP contribution in [0.15, 0.2) is 62.9 Å². The highest BCUT2D eigenvalue weighted by atomic mass is 16.3. The van der Waals surface area contributed by atoms with Gasteiger partial charge in [0.1, 0.15) is 23.0 Å². The lowest BCUT2D eigenvalue weighted by Crippen LogP contribution is -2.15. The molecule has 0 saturated carbocycles. The molecule has 2 aromatic carbocycles. The first-order valence-electron chi connectivity index (χ1n) is 9.15. The van der Waals surface area contributed by atoms with Crippen LogP contribution >= 0.6 is 0 Å². The maximum atomic E-state index is 6.07. The fraction of sp³-hybridized carbons (Fsp3) is 0.273. The van der Waals surface area contributed by atoms with Gasteiger partial charge in [-0.3, -0.25) is 9.98 Å². The van der Waals surface area contributed by atoms with Crippen LogP contribution in [0.2, 0.25) is 0 Å². The van der Waals surface area contributed by atoms with E-state index in [1.54, 1.807) is 0 Å². The zero-order chi connectivity index (χ0) is 19.6. The van der Waals surface area contributed by atoms with Crippen molar-refractivity contribution < 1.29 is 4.42 Å². The topological polar surface area (TPSA) is 89.9 Å². The van der Waals surface area contributed by atoms with Gasteiger partial charge in [-0.25, -0.2) is 0 Å². The second kappa shape index (κ2) is 7.66. The molecule has 0 atom stereocenters. The summed E-state index contributed by atoms with van der Waals surface area (Å²) in [7, 11) is 0. The summed E-state index contributed by atoms with van der Waals surface area (Å²) < 4.78 is 6.04. The molecule has 0 radical (unpaired) electrons. The van der Waals surface area contributed by atoms with E-state index >= 15 is 0 Å². The van der Waals surface area contributed by atoms with Crippen LogP contribution in [0.1, 0.15) is 38.8 Å². The monoisotopic (exact) mass is 362 g/mol. The molecule has 0 bridgehead atoms. The highest BCUT2D eigenvalue weighted by Crippen LogP contribution is 2.28. The van der Waals surface area contributed by atoms with E-state index in [1.165, 1.54) is 0 Å². The van der Waals surface area contributed by atoms with Crippen LogP contribution in [0.5, 0.6) is 0 Å². The van der Waals surface area contributed by atoms with Gasteiger partial charge in [-0.2, -0.15) is 0 Å². The molecule has 0 aliphatic carbocycles. The zero-order valence-electron chi connectivity index (χ0n) is 16.2. The van der Waals surface area contributed by atoms with E-state index < -0.39 is 0 Å². The van der Waals surface area contributed by atoms with E-state index in [0.717, 1.165) is 33.4 Å². The minimum Gasteiger partial charge on any atom is -0.456 e. The van der Waals surface area contributed by atoms with Crippen molar-refractivity contribution in [1.29, 1.82) is 0 Å². The van der Waals surface area contributed by atoms with Gasteiger partial charge in [0.25, 0.3) is 0 Å². The maximum absolute atomic E-state index is 6.07. The van der Waals surface area contributed by atoms with Crippen LogP contribution in [0.4, 0.5) is 0 Å². The fourth-order valence-electron chi connectivity index (χ4n) is 2.84. The van der Waals surface area contributed by atoms with Crippen LogP contribution in [-0.2, 0) is 0 Å². The van der Waals surface area contributed by atoms with Gasteiger partial charge in [0, 0.05) is 34.2 Å². The van der Waals surface area contributed by atoms with Gasteiger partial charge in [0.2, 0.25) is 0 Å². The third-order valence-electron chi connectivity index (χ3n) is 4.08. The van der Waals surface area contributed by atoms with E-state index in [9.17, 15) is 0 Å². The predicted octanol–water partition coefficient (Wildman–Crippen LogP) is 4.33. The van der Waals surface area contributed by atoms with E-state index in [0.29, 0.717) is 11.7 Å². The van der Waals surface area contributed by atoms with Gasteiger partial charge in [0.15, 0.2) is 0 Å². The van der Waals surface area contributed by atoms with Gasteiger partial charge in [0.05, 0.1) is 0 Å². The number of hydrogen-bond donors (Lipinski definition) is 2. The number of rotatable bonds is 5. The minimum atomic E-state index is 0.151. The summed E-state index contributed by atoms with van der Waals surface area (Å²) in [6.07, 6.45) is 0. The molecule has 0 aliphatic heterocycles. The van der Waals surface area contributed by atoms with Crippen molar-refractivity contribution >= 4 is 22.6 Å². The van der Waals surface area contributed by atoms with Gasteiger partial charge >= 0.3 is 0 Å². The molecule has 0 fully saturated rings. The van der Waals surface area contributed by atoms with Gasteiger partial charge in [-0.1, -0.05) is 36.4 Å². The largest absolute Gasteiger partial charge is 0.456 e. The number of aliphatic imine (C=N–C) groups is 2. The van der Waals surface area contributed by atoms with Crippen molar-refractivity contribution in [2.24, 2.45) is 21.5 Å². The van der Waals surface area contributed by atoms with Gasteiger partial charge < -0.3 is 15.9 Å². The highest BCUT2D eigenvalue weighted by molar-refractivity contribution is 6.01. The van der Waals surface area contributed by atoms with Crippen molar-refractivity contribution in [2.75, 3.05) is 0 Å². The van der Waals surface area contributed by atoms with Crippen LogP contribution in [0, 0.1) is 0 Å². The third kappa shape index (κ3) is 4.37. The quantitative estimate of drug-likeness (QED) is 0.523. The van der Waals surface area contributed by atoms with E-state index in [1.807, 2.05) is 76.2 Å². The molecule has 27 heavy (non-hydrogen) atoms.